The van der Waals surface area contributed by atoms with Gasteiger partial charge in [-0.3, -0.25) is 4.79 Å². The van der Waals surface area contributed by atoms with Gasteiger partial charge in [-0.15, -0.1) is 0 Å². The summed E-state index contributed by atoms with van der Waals surface area (Å²) in [7, 11) is -3.83. The smallest absolute Gasteiger partial charge is 0.242 e. The molecule has 0 fully saturated rings. The lowest BCUT2D eigenvalue weighted by molar-refractivity contribution is -0.116. The molecule has 0 saturated heterocycles. The van der Waals surface area contributed by atoms with E-state index in [9.17, 15) is 13.2 Å². The molecule has 6 nitrogen and oxygen atoms in total. The topological polar surface area (TPSA) is 115 Å². The first-order chi connectivity index (χ1) is 8.86. The van der Waals surface area contributed by atoms with Gasteiger partial charge in [-0.05, 0) is 24.6 Å². The van der Waals surface area contributed by atoms with Crippen molar-refractivity contribution in [2.45, 2.75) is 11.8 Å². The molecule has 0 spiro atoms. The van der Waals surface area contributed by atoms with Crippen LogP contribution < -0.4 is 16.2 Å². The number of hydrogen-bond acceptors (Lipinski definition) is 4. The van der Waals surface area contributed by atoms with Gasteiger partial charge in [-0.1, -0.05) is 17.9 Å². The monoisotopic (exact) mass is 281 g/mol. The van der Waals surface area contributed by atoms with Crippen LogP contribution in [0.15, 0.2) is 23.1 Å². The molecule has 1 aromatic carbocycles. The average Bonchev–Trinajstić information content (AvgIpc) is 2.34. The van der Waals surface area contributed by atoms with Crippen molar-refractivity contribution >= 4 is 15.9 Å². The number of benzene rings is 1. The van der Waals surface area contributed by atoms with E-state index in [2.05, 4.69) is 16.6 Å². The van der Waals surface area contributed by atoms with E-state index in [0.717, 1.165) is 5.56 Å². The van der Waals surface area contributed by atoms with Crippen LogP contribution in [0.3, 0.4) is 0 Å². The summed E-state index contributed by atoms with van der Waals surface area (Å²) in [4.78, 5) is 10.6. The number of carbonyl (C=O) groups is 1. The van der Waals surface area contributed by atoms with Crippen LogP contribution in [0.1, 0.15) is 11.1 Å². The first-order valence-corrected chi connectivity index (χ1v) is 6.92. The Labute approximate surface area is 112 Å². The van der Waals surface area contributed by atoms with E-state index in [1.807, 2.05) is 6.92 Å². The Morgan fingerprint density at radius 1 is 1.42 bits per heavy atom. The largest absolute Gasteiger partial charge is 0.369 e. The number of carbonyl (C=O) groups excluding carboxylic acids is 1. The maximum Gasteiger partial charge on any atom is 0.242 e. The number of rotatable bonds is 4. The highest BCUT2D eigenvalue weighted by Gasteiger charge is 2.18. The van der Waals surface area contributed by atoms with Gasteiger partial charge in [0.15, 0.2) is 0 Å². The Balaban J connectivity index is 3.22. The molecule has 0 aliphatic rings. The van der Waals surface area contributed by atoms with Crippen LogP contribution in [0.2, 0.25) is 0 Å². The first kappa shape index (κ1) is 15.2. The number of nitrogens with two attached hydrogens (primary N) is 2. The van der Waals surface area contributed by atoms with E-state index in [-0.39, 0.29) is 11.4 Å². The number of sulfonamides is 1. The maximum absolute atomic E-state index is 12.0. The predicted octanol–water partition coefficient (Wildman–Crippen LogP) is -0.931. The van der Waals surface area contributed by atoms with Crippen molar-refractivity contribution in [1.29, 1.82) is 0 Å². The minimum Gasteiger partial charge on any atom is -0.369 e. The molecule has 0 aliphatic heterocycles. The molecular formula is C12H15N3O3S. The molecule has 102 valence electrons. The Morgan fingerprint density at radius 3 is 2.68 bits per heavy atom. The summed E-state index contributed by atoms with van der Waals surface area (Å²) in [5.41, 5.74) is 11.4. The molecule has 0 heterocycles. The number of hydrogen-bond donors (Lipinski definition) is 3. The standard InChI is InChI=1S/C12H15N3O3S/c1-9-4-5-11(10(7-9)3-2-6-13)19(17,18)15-8-12(14)16/h4-5,7,15H,6,8,13H2,1H3,(H2,14,16). The number of nitrogens with one attached hydrogen (secondary N) is 1. The van der Waals surface area contributed by atoms with Crippen molar-refractivity contribution in [3.63, 3.8) is 0 Å². The third-order valence-corrected chi connectivity index (χ3v) is 3.65. The fourth-order valence-corrected chi connectivity index (χ4v) is 2.50. The SMILES string of the molecule is Cc1ccc(S(=O)(=O)NCC(N)=O)c(C#CCN)c1. The van der Waals surface area contributed by atoms with Crippen LogP contribution in [0.25, 0.3) is 0 Å². The normalized spacial score (nSPS) is 10.6. The van der Waals surface area contributed by atoms with Crippen LogP contribution in [0.4, 0.5) is 0 Å². The summed E-state index contributed by atoms with van der Waals surface area (Å²) in [6.45, 7) is 1.49. The molecule has 19 heavy (non-hydrogen) atoms. The Kier molecular flexibility index (Phi) is 5.06. The summed E-state index contributed by atoms with van der Waals surface area (Å²) in [5.74, 6) is 4.54. The van der Waals surface area contributed by atoms with Gasteiger partial charge in [0, 0.05) is 5.56 Å². The van der Waals surface area contributed by atoms with Crippen LogP contribution in [-0.2, 0) is 14.8 Å². The average molecular weight is 281 g/mol. The van der Waals surface area contributed by atoms with Gasteiger partial charge in [0.25, 0.3) is 0 Å². The molecule has 0 aromatic heterocycles. The highest BCUT2D eigenvalue weighted by atomic mass is 32.2. The van der Waals surface area contributed by atoms with Gasteiger partial charge >= 0.3 is 0 Å². The highest BCUT2D eigenvalue weighted by Crippen LogP contribution is 2.16. The fourth-order valence-electron chi connectivity index (χ4n) is 1.37. The van der Waals surface area contributed by atoms with Crippen molar-refractivity contribution in [2.75, 3.05) is 13.1 Å². The van der Waals surface area contributed by atoms with Crippen molar-refractivity contribution in [3.05, 3.63) is 29.3 Å². The molecule has 0 atom stereocenters. The number of aryl methyl sites for hydroxylation is 1. The third kappa shape index (κ3) is 4.37. The van der Waals surface area contributed by atoms with E-state index >= 15 is 0 Å². The minimum atomic E-state index is -3.83. The molecule has 5 N–H and O–H groups in total. The molecular weight excluding hydrogens is 266 g/mol. The quantitative estimate of drug-likeness (QED) is 0.618. The van der Waals surface area contributed by atoms with Gasteiger partial charge in [0.1, 0.15) is 0 Å². The summed E-state index contributed by atoms with van der Waals surface area (Å²) in [5, 5.41) is 0. The molecule has 0 aliphatic carbocycles. The van der Waals surface area contributed by atoms with E-state index in [4.69, 9.17) is 11.5 Å². The lowest BCUT2D eigenvalue weighted by Gasteiger charge is -2.08. The molecule has 0 bridgehead atoms. The van der Waals surface area contributed by atoms with Crippen LogP contribution >= 0.6 is 0 Å². The number of primary amides is 1. The number of amides is 1. The zero-order valence-electron chi connectivity index (χ0n) is 10.4. The second-order valence-electron chi connectivity index (χ2n) is 3.80. The van der Waals surface area contributed by atoms with Crippen molar-refractivity contribution < 1.29 is 13.2 Å². The fraction of sp³-hybridized carbons (Fsp3) is 0.250. The minimum absolute atomic E-state index is 0.000278. The van der Waals surface area contributed by atoms with Gasteiger partial charge in [-0.25, -0.2) is 13.1 Å². The van der Waals surface area contributed by atoms with Gasteiger partial charge < -0.3 is 11.5 Å². The third-order valence-electron chi connectivity index (χ3n) is 2.19. The van der Waals surface area contributed by atoms with E-state index < -0.39 is 22.5 Å². The summed E-state index contributed by atoms with van der Waals surface area (Å²) < 4.78 is 26.1. The molecule has 0 radical (unpaired) electrons. The van der Waals surface area contributed by atoms with Crippen molar-refractivity contribution in [1.82, 2.24) is 4.72 Å². The second-order valence-corrected chi connectivity index (χ2v) is 5.53. The Hall–Kier alpha value is -1.88. The van der Waals surface area contributed by atoms with E-state index in [0.29, 0.717) is 5.56 Å². The molecule has 1 amide bonds. The highest BCUT2D eigenvalue weighted by molar-refractivity contribution is 7.89. The summed E-state index contributed by atoms with van der Waals surface area (Å²) >= 11 is 0. The zero-order valence-corrected chi connectivity index (χ0v) is 11.3. The Morgan fingerprint density at radius 2 is 2.11 bits per heavy atom. The van der Waals surface area contributed by atoms with Gasteiger partial charge in [0.2, 0.25) is 15.9 Å². The van der Waals surface area contributed by atoms with Crippen LogP contribution in [0.5, 0.6) is 0 Å². The molecule has 0 saturated carbocycles. The lowest BCUT2D eigenvalue weighted by Crippen LogP contribution is -2.33. The lowest BCUT2D eigenvalue weighted by atomic mass is 10.1. The summed E-state index contributed by atoms with van der Waals surface area (Å²) in [6.07, 6.45) is 0. The van der Waals surface area contributed by atoms with Crippen LogP contribution in [-0.4, -0.2) is 27.4 Å². The molecule has 1 aromatic rings. The van der Waals surface area contributed by atoms with E-state index in [1.54, 1.807) is 12.1 Å². The summed E-state index contributed by atoms with van der Waals surface area (Å²) in [6, 6.07) is 4.72. The van der Waals surface area contributed by atoms with Crippen molar-refractivity contribution in [2.24, 2.45) is 11.5 Å². The van der Waals surface area contributed by atoms with Crippen LogP contribution in [0, 0.1) is 18.8 Å². The zero-order chi connectivity index (χ0) is 14.5. The molecule has 1 rings (SSSR count). The first-order valence-electron chi connectivity index (χ1n) is 5.44. The van der Waals surface area contributed by atoms with Gasteiger partial charge in [-0.2, -0.15) is 0 Å². The second kappa shape index (κ2) is 6.33. The molecule has 7 heteroatoms. The molecule has 0 unspecified atom stereocenters. The van der Waals surface area contributed by atoms with Gasteiger partial charge in [0.05, 0.1) is 18.0 Å². The predicted molar refractivity (Wildman–Crippen MR) is 71.5 cm³/mol. The Bertz CT molecular complexity index is 642. The van der Waals surface area contributed by atoms with E-state index in [1.165, 1.54) is 6.07 Å². The maximum atomic E-state index is 12.0. The van der Waals surface area contributed by atoms with Crippen molar-refractivity contribution in [3.8, 4) is 11.8 Å².